The molecule has 274 valence electrons. The number of H-pyrrole nitrogens is 1. The van der Waals surface area contributed by atoms with Gasteiger partial charge in [0.1, 0.15) is 0 Å². The number of benzene rings is 4. The van der Waals surface area contributed by atoms with Crippen molar-refractivity contribution in [1.29, 1.82) is 0 Å². The van der Waals surface area contributed by atoms with Crippen molar-refractivity contribution < 1.29 is 30.8 Å². The highest BCUT2D eigenvalue weighted by molar-refractivity contribution is 7.89. The number of nitrogens with one attached hydrogen (secondary N) is 3. The molecule has 6 aromatic rings. The molecule has 2 aromatic heterocycles. The van der Waals surface area contributed by atoms with Gasteiger partial charge in [0.05, 0.1) is 28.2 Å². The van der Waals surface area contributed by atoms with E-state index >= 15 is 0 Å². The van der Waals surface area contributed by atoms with Crippen LogP contribution in [0.2, 0.25) is 5.02 Å². The van der Waals surface area contributed by atoms with Crippen molar-refractivity contribution in [3.8, 4) is 22.6 Å². The minimum absolute atomic E-state index is 0.0362. The Morgan fingerprint density at radius 3 is 1.89 bits per heavy atom. The van der Waals surface area contributed by atoms with E-state index in [1.165, 1.54) is 18.2 Å². The van der Waals surface area contributed by atoms with E-state index in [1.54, 1.807) is 67.8 Å². The van der Waals surface area contributed by atoms with Crippen LogP contribution in [-0.4, -0.2) is 43.8 Å². The van der Waals surface area contributed by atoms with E-state index in [2.05, 4.69) is 25.8 Å². The van der Waals surface area contributed by atoms with Gasteiger partial charge in [0.2, 0.25) is 43.6 Å². The van der Waals surface area contributed by atoms with Crippen LogP contribution < -0.4 is 20.9 Å². The maximum absolute atomic E-state index is 12.3. The molecule has 0 aliphatic heterocycles. The topological polar surface area (TPSA) is 233 Å². The average Bonchev–Trinajstić information content (AvgIpc) is 3.79. The molecule has 0 fully saturated rings. The minimum atomic E-state index is -4.07. The van der Waals surface area contributed by atoms with E-state index in [0.29, 0.717) is 39.0 Å². The molecular formula is C36H34ClN7O7S2. The zero-order valence-electron chi connectivity index (χ0n) is 28.3. The second-order valence-electron chi connectivity index (χ2n) is 11.8. The Kier molecular flexibility index (Phi) is 11.9. The van der Waals surface area contributed by atoms with Crippen LogP contribution in [0.15, 0.2) is 118 Å². The van der Waals surface area contributed by atoms with Gasteiger partial charge in [-0.2, -0.15) is 0 Å². The smallest absolute Gasteiger partial charge is 0.249 e. The highest BCUT2D eigenvalue weighted by Gasteiger charge is 2.21. The number of amides is 2. The minimum Gasteiger partial charge on any atom is -0.421 e. The third kappa shape index (κ3) is 10.5. The van der Waals surface area contributed by atoms with Crippen LogP contribution in [0.25, 0.3) is 22.6 Å². The van der Waals surface area contributed by atoms with Crippen molar-refractivity contribution >= 4 is 54.8 Å². The van der Waals surface area contributed by atoms with Crippen LogP contribution in [-0.2, 0) is 42.5 Å². The Bertz CT molecular complexity index is 2490. The first-order chi connectivity index (χ1) is 25.1. The van der Waals surface area contributed by atoms with E-state index in [0.717, 1.165) is 11.1 Å². The number of carbonyl (C=O) groups excluding carboxylic acids is 2. The van der Waals surface area contributed by atoms with Crippen LogP contribution in [0.3, 0.4) is 0 Å². The summed E-state index contributed by atoms with van der Waals surface area (Å²) in [6.45, 7) is 3.55. The molecule has 0 aliphatic rings. The third-order valence-electron chi connectivity index (χ3n) is 7.60. The number of halogens is 1. The predicted octanol–water partition coefficient (Wildman–Crippen LogP) is 5.35. The van der Waals surface area contributed by atoms with Crippen molar-refractivity contribution in [3.63, 3.8) is 0 Å². The van der Waals surface area contributed by atoms with E-state index < -0.39 is 20.0 Å². The third-order valence-corrected chi connectivity index (χ3v) is 9.87. The van der Waals surface area contributed by atoms with E-state index in [9.17, 15) is 26.4 Å². The summed E-state index contributed by atoms with van der Waals surface area (Å²) in [7, 11) is -8.04. The number of primary sulfonamides is 2. The monoisotopic (exact) mass is 775 g/mol. The highest BCUT2D eigenvalue weighted by atomic mass is 35.5. The molecule has 2 amide bonds. The molecule has 0 bridgehead atoms. The summed E-state index contributed by atoms with van der Waals surface area (Å²) in [6, 6.07) is 25.2. The molecule has 2 heterocycles. The molecule has 7 N–H and O–H groups in total. The number of rotatable bonds is 10. The fourth-order valence-corrected chi connectivity index (χ4v) is 6.84. The van der Waals surface area contributed by atoms with Crippen LogP contribution in [0.5, 0.6) is 0 Å². The Labute approximate surface area is 310 Å². The van der Waals surface area contributed by atoms with Crippen molar-refractivity contribution in [2.75, 3.05) is 10.6 Å². The number of hydrogen-bond donors (Lipinski definition) is 5. The summed E-state index contributed by atoms with van der Waals surface area (Å²) in [5.74, 6) is -0.261. The molecule has 17 heteroatoms. The van der Waals surface area contributed by atoms with Gasteiger partial charge in [-0.3, -0.25) is 9.59 Å². The van der Waals surface area contributed by atoms with Gasteiger partial charge in [-0.05, 0) is 60.5 Å². The number of aromatic amines is 1. The maximum atomic E-state index is 12.3. The summed E-state index contributed by atoms with van der Waals surface area (Å²) >= 11 is 6.06. The molecule has 0 unspecified atom stereocenters. The number of aryl methyl sites for hydroxylation is 2. The first-order valence-electron chi connectivity index (χ1n) is 15.7. The van der Waals surface area contributed by atoms with Crippen LogP contribution in [0.1, 0.15) is 22.6 Å². The first-order valence-corrected chi connectivity index (χ1v) is 19.2. The molecular weight excluding hydrogens is 742 g/mol. The number of sulfonamides is 2. The molecule has 53 heavy (non-hydrogen) atoms. The second kappa shape index (κ2) is 16.4. The summed E-state index contributed by atoms with van der Waals surface area (Å²) < 4.78 is 53.1. The van der Waals surface area contributed by atoms with Crippen molar-refractivity contribution in [3.05, 3.63) is 131 Å². The van der Waals surface area contributed by atoms with Gasteiger partial charge in [0.25, 0.3) is 0 Å². The Morgan fingerprint density at radius 1 is 0.755 bits per heavy atom. The van der Waals surface area contributed by atoms with E-state index in [1.807, 2.05) is 31.2 Å². The maximum Gasteiger partial charge on any atom is 0.249 e. The SMILES string of the molecule is Cc1ccc(CC(=O)Nc2ccc(-c3nnc(C)o3)c(S(N)(=O)=O)c2)cc1.NS(=O)(=O)c1cc(NC(=O)Cc2ccccc2Cl)ccc1-c1cc[nH]c1. The Morgan fingerprint density at radius 2 is 1.34 bits per heavy atom. The van der Waals surface area contributed by atoms with E-state index in [-0.39, 0.29) is 45.9 Å². The molecule has 0 atom stereocenters. The molecule has 0 radical (unpaired) electrons. The predicted molar refractivity (Wildman–Crippen MR) is 201 cm³/mol. The summed E-state index contributed by atoms with van der Waals surface area (Å²) in [5.41, 5.74) is 4.59. The molecule has 0 aliphatic carbocycles. The lowest BCUT2D eigenvalue weighted by molar-refractivity contribution is -0.116. The first kappa shape index (κ1) is 38.6. The van der Waals surface area contributed by atoms with E-state index in [4.69, 9.17) is 26.3 Å². The molecule has 0 spiro atoms. The van der Waals surface area contributed by atoms with Gasteiger partial charge in [-0.15, -0.1) is 10.2 Å². The molecule has 0 saturated carbocycles. The second-order valence-corrected chi connectivity index (χ2v) is 15.2. The number of nitrogens with two attached hydrogens (primary N) is 2. The fraction of sp³-hybridized carbons (Fsp3) is 0.111. The summed E-state index contributed by atoms with van der Waals surface area (Å²) in [6.07, 6.45) is 3.58. The van der Waals surface area contributed by atoms with Crippen LogP contribution in [0.4, 0.5) is 11.4 Å². The summed E-state index contributed by atoms with van der Waals surface area (Å²) in [5, 5.41) is 24.0. The summed E-state index contributed by atoms with van der Waals surface area (Å²) in [4.78, 5) is 27.1. The Balaban J connectivity index is 0.000000204. The number of aromatic nitrogens is 3. The standard InChI is InChI=1S/C18H16ClN3O3S.C18H18N4O4S/c19-16-4-2-1-3-12(16)9-18(23)22-14-5-6-15(13-7-8-21-11-13)17(10-14)26(20,24)25;1-11-3-5-13(6-4-11)9-17(23)20-14-7-8-15(16(10-14)27(19,24)25)18-22-21-12(2)26-18/h1-8,10-11,21H,9H2,(H,22,23)(H2,20,24,25);3-8,10H,9H2,1-2H3,(H,20,23)(H2,19,24,25). The van der Waals surface area contributed by atoms with Gasteiger partial charge in [-0.25, -0.2) is 27.1 Å². The van der Waals surface area contributed by atoms with Crippen molar-refractivity contribution in [2.24, 2.45) is 10.3 Å². The van der Waals surface area contributed by atoms with Crippen LogP contribution in [0, 0.1) is 13.8 Å². The van der Waals surface area contributed by atoms with Gasteiger partial charge in [0.15, 0.2) is 0 Å². The normalized spacial score (nSPS) is 11.3. The average molecular weight is 776 g/mol. The van der Waals surface area contributed by atoms with Crippen molar-refractivity contribution in [2.45, 2.75) is 36.5 Å². The lowest BCUT2D eigenvalue weighted by atomic mass is 10.1. The number of anilines is 2. The quantitative estimate of drug-likeness (QED) is 0.121. The lowest BCUT2D eigenvalue weighted by Crippen LogP contribution is -2.17. The zero-order chi connectivity index (χ0) is 38.3. The number of carbonyl (C=O) groups is 2. The van der Waals surface area contributed by atoms with Gasteiger partial charge in [-0.1, -0.05) is 65.7 Å². The molecule has 6 rings (SSSR count). The van der Waals surface area contributed by atoms with Gasteiger partial charge < -0.3 is 20.0 Å². The number of hydrogen-bond acceptors (Lipinski definition) is 9. The van der Waals surface area contributed by atoms with Crippen LogP contribution >= 0.6 is 11.6 Å². The molecule has 4 aromatic carbocycles. The zero-order valence-corrected chi connectivity index (χ0v) is 30.7. The van der Waals surface area contributed by atoms with Gasteiger partial charge >= 0.3 is 0 Å². The van der Waals surface area contributed by atoms with Crippen molar-refractivity contribution in [1.82, 2.24) is 15.2 Å². The highest BCUT2D eigenvalue weighted by Crippen LogP contribution is 2.30. The lowest BCUT2D eigenvalue weighted by Gasteiger charge is -2.11. The largest absolute Gasteiger partial charge is 0.421 e. The number of nitrogens with zero attached hydrogens (tertiary/aromatic N) is 2. The van der Waals surface area contributed by atoms with Gasteiger partial charge in [0, 0.05) is 46.8 Å². The molecule has 0 saturated heterocycles. The molecule has 14 nitrogen and oxygen atoms in total. The Hall–Kier alpha value is -5.65. The fourth-order valence-electron chi connectivity index (χ4n) is 5.10.